The van der Waals surface area contributed by atoms with Crippen LogP contribution < -0.4 is 0 Å². The topological polar surface area (TPSA) is 57.6 Å². The van der Waals surface area contributed by atoms with Crippen molar-refractivity contribution in [1.82, 2.24) is 4.90 Å². The molecule has 0 spiro atoms. The van der Waals surface area contributed by atoms with Crippen molar-refractivity contribution in [1.29, 1.82) is 0 Å². The number of carbonyl (C=O) groups excluding carboxylic acids is 1. The lowest BCUT2D eigenvalue weighted by Gasteiger charge is -2.21. The predicted octanol–water partition coefficient (Wildman–Crippen LogP) is 1.37. The maximum Gasteiger partial charge on any atom is 0.326 e. The van der Waals surface area contributed by atoms with Crippen molar-refractivity contribution in [2.45, 2.75) is 13.0 Å². The number of nitrogens with zero attached hydrogens (tertiary/aromatic N) is 1. The van der Waals surface area contributed by atoms with Crippen LogP contribution in [0.4, 0.5) is 4.39 Å². The van der Waals surface area contributed by atoms with Crippen molar-refractivity contribution < 1.29 is 19.1 Å². The highest BCUT2D eigenvalue weighted by molar-refractivity contribution is 5.96. The first kappa shape index (κ1) is 12.2. The quantitative estimate of drug-likeness (QED) is 0.845. The Morgan fingerprint density at radius 2 is 1.94 bits per heavy atom. The van der Waals surface area contributed by atoms with E-state index in [1.807, 2.05) is 0 Å². The molecule has 0 saturated carbocycles. The number of carbonyl (C=O) groups is 2. The molecule has 1 aromatic carbocycles. The largest absolute Gasteiger partial charge is 0.480 e. The van der Waals surface area contributed by atoms with Gasteiger partial charge in [0.15, 0.2) is 0 Å². The first-order chi connectivity index (χ1) is 7.45. The first-order valence-corrected chi connectivity index (χ1v) is 4.69. The number of carboxylic acids is 1. The smallest absolute Gasteiger partial charge is 0.326 e. The van der Waals surface area contributed by atoms with Crippen molar-refractivity contribution in [3.05, 3.63) is 35.6 Å². The van der Waals surface area contributed by atoms with Crippen molar-refractivity contribution in [3.8, 4) is 0 Å². The summed E-state index contributed by atoms with van der Waals surface area (Å²) in [7, 11) is 1.33. The van der Waals surface area contributed by atoms with E-state index >= 15 is 0 Å². The fourth-order valence-corrected chi connectivity index (χ4v) is 1.17. The molecule has 0 heterocycles. The molecule has 0 aliphatic heterocycles. The molecule has 1 aromatic rings. The molecule has 1 unspecified atom stereocenters. The summed E-state index contributed by atoms with van der Waals surface area (Å²) in [6, 6.07) is 4.48. The highest BCUT2D eigenvalue weighted by Gasteiger charge is 2.24. The lowest BCUT2D eigenvalue weighted by molar-refractivity contribution is -0.141. The molecule has 1 rings (SSSR count). The van der Waals surface area contributed by atoms with E-state index in [-0.39, 0.29) is 5.56 Å². The van der Waals surface area contributed by atoms with E-state index in [2.05, 4.69) is 0 Å². The van der Waals surface area contributed by atoms with Gasteiger partial charge in [-0.25, -0.2) is 9.18 Å². The molecule has 16 heavy (non-hydrogen) atoms. The highest BCUT2D eigenvalue weighted by Crippen LogP contribution is 2.10. The third-order valence-electron chi connectivity index (χ3n) is 2.36. The minimum atomic E-state index is -1.13. The summed E-state index contributed by atoms with van der Waals surface area (Å²) in [6.07, 6.45) is 0. The SMILES string of the molecule is CC(C(=O)O)N(C)C(=O)c1ccccc1F. The molecule has 0 saturated heterocycles. The number of amides is 1. The lowest BCUT2D eigenvalue weighted by Crippen LogP contribution is -2.40. The molecule has 0 radical (unpaired) electrons. The average molecular weight is 225 g/mol. The molecule has 1 N–H and O–H groups in total. The molecule has 0 fully saturated rings. The molecule has 86 valence electrons. The van der Waals surface area contributed by atoms with Crippen LogP contribution in [-0.4, -0.2) is 35.0 Å². The molecule has 5 heteroatoms. The van der Waals surface area contributed by atoms with E-state index in [0.717, 1.165) is 11.0 Å². The second-order valence-electron chi connectivity index (χ2n) is 3.41. The number of halogens is 1. The van der Waals surface area contributed by atoms with Crippen LogP contribution in [-0.2, 0) is 4.79 Å². The highest BCUT2D eigenvalue weighted by atomic mass is 19.1. The molecular formula is C11H12FNO3. The van der Waals surface area contributed by atoms with Crippen LogP contribution in [0.25, 0.3) is 0 Å². The molecule has 0 aliphatic carbocycles. The van der Waals surface area contributed by atoms with Gasteiger partial charge in [0.05, 0.1) is 5.56 Å². The van der Waals surface area contributed by atoms with Crippen LogP contribution in [0.15, 0.2) is 24.3 Å². The Bertz CT molecular complexity index is 419. The van der Waals surface area contributed by atoms with Crippen LogP contribution in [0.3, 0.4) is 0 Å². The maximum atomic E-state index is 13.3. The van der Waals surface area contributed by atoms with Gasteiger partial charge < -0.3 is 10.0 Å². The van der Waals surface area contributed by atoms with Gasteiger partial charge in [0, 0.05) is 7.05 Å². The summed E-state index contributed by atoms with van der Waals surface area (Å²) in [5.74, 6) is -2.43. The van der Waals surface area contributed by atoms with Gasteiger partial charge >= 0.3 is 5.97 Å². The van der Waals surface area contributed by atoms with E-state index < -0.39 is 23.7 Å². The molecule has 1 amide bonds. The van der Waals surface area contributed by atoms with E-state index in [1.54, 1.807) is 0 Å². The Balaban J connectivity index is 2.95. The fourth-order valence-electron chi connectivity index (χ4n) is 1.17. The maximum absolute atomic E-state index is 13.3. The number of hydrogen-bond donors (Lipinski definition) is 1. The summed E-state index contributed by atoms with van der Waals surface area (Å²) < 4.78 is 13.3. The minimum absolute atomic E-state index is 0.127. The summed E-state index contributed by atoms with van der Waals surface area (Å²) in [5.41, 5.74) is -0.127. The first-order valence-electron chi connectivity index (χ1n) is 4.69. The van der Waals surface area contributed by atoms with Gasteiger partial charge in [0.25, 0.3) is 5.91 Å². The van der Waals surface area contributed by atoms with Crippen molar-refractivity contribution in [3.63, 3.8) is 0 Å². The monoisotopic (exact) mass is 225 g/mol. The van der Waals surface area contributed by atoms with Gasteiger partial charge in [0.1, 0.15) is 11.9 Å². The van der Waals surface area contributed by atoms with E-state index in [0.29, 0.717) is 0 Å². The number of benzene rings is 1. The van der Waals surface area contributed by atoms with Crippen LogP contribution in [0.5, 0.6) is 0 Å². The van der Waals surface area contributed by atoms with Crippen LogP contribution in [0.2, 0.25) is 0 Å². The third-order valence-corrected chi connectivity index (χ3v) is 2.36. The van der Waals surface area contributed by atoms with E-state index in [1.165, 1.54) is 32.2 Å². The van der Waals surface area contributed by atoms with Crippen molar-refractivity contribution in [2.24, 2.45) is 0 Å². The second kappa shape index (κ2) is 4.74. The number of aliphatic carboxylic acids is 1. The van der Waals surface area contributed by atoms with Gasteiger partial charge in [-0.05, 0) is 19.1 Å². The van der Waals surface area contributed by atoms with Crippen molar-refractivity contribution >= 4 is 11.9 Å². The Morgan fingerprint density at radius 1 is 1.38 bits per heavy atom. The Kier molecular flexibility index (Phi) is 3.60. The third kappa shape index (κ3) is 2.36. The predicted molar refractivity (Wildman–Crippen MR) is 55.6 cm³/mol. The van der Waals surface area contributed by atoms with Gasteiger partial charge in [-0.15, -0.1) is 0 Å². The number of likely N-dealkylation sites (N-methyl/N-ethyl adjacent to an activating group) is 1. The second-order valence-corrected chi connectivity index (χ2v) is 3.41. The van der Waals surface area contributed by atoms with Crippen molar-refractivity contribution in [2.75, 3.05) is 7.05 Å². The van der Waals surface area contributed by atoms with Crippen LogP contribution in [0, 0.1) is 5.82 Å². The van der Waals surface area contributed by atoms with Crippen LogP contribution >= 0.6 is 0 Å². The number of hydrogen-bond acceptors (Lipinski definition) is 2. The van der Waals surface area contributed by atoms with Gasteiger partial charge in [-0.1, -0.05) is 12.1 Å². The summed E-state index contributed by atoms with van der Waals surface area (Å²) in [6.45, 7) is 1.36. The normalized spacial score (nSPS) is 11.9. The van der Waals surface area contributed by atoms with Gasteiger partial charge in [-0.2, -0.15) is 0 Å². The number of carboxylic acid groups (broad SMARTS) is 1. The van der Waals surface area contributed by atoms with E-state index in [4.69, 9.17) is 5.11 Å². The lowest BCUT2D eigenvalue weighted by atomic mass is 10.1. The van der Waals surface area contributed by atoms with E-state index in [9.17, 15) is 14.0 Å². The molecule has 0 aromatic heterocycles. The van der Waals surface area contributed by atoms with Gasteiger partial charge in [-0.3, -0.25) is 4.79 Å². The zero-order valence-electron chi connectivity index (χ0n) is 8.98. The Morgan fingerprint density at radius 3 is 2.44 bits per heavy atom. The molecular weight excluding hydrogens is 213 g/mol. The molecule has 4 nitrogen and oxygen atoms in total. The molecule has 1 atom stereocenters. The molecule has 0 bridgehead atoms. The Hall–Kier alpha value is -1.91. The standard InChI is InChI=1S/C11H12FNO3/c1-7(11(15)16)13(2)10(14)8-5-3-4-6-9(8)12/h3-7H,1-2H3,(H,15,16). The summed E-state index contributed by atoms with van der Waals surface area (Å²) in [4.78, 5) is 23.4. The zero-order chi connectivity index (χ0) is 12.3. The fraction of sp³-hybridized carbons (Fsp3) is 0.273. The summed E-state index contributed by atoms with van der Waals surface area (Å²) >= 11 is 0. The van der Waals surface area contributed by atoms with Crippen LogP contribution in [0.1, 0.15) is 17.3 Å². The zero-order valence-corrected chi connectivity index (χ0v) is 8.98. The molecule has 0 aliphatic rings. The summed E-state index contributed by atoms with van der Waals surface area (Å²) in [5, 5.41) is 8.73. The minimum Gasteiger partial charge on any atom is -0.480 e. The number of rotatable bonds is 3. The Labute approximate surface area is 92.3 Å². The average Bonchev–Trinajstić information content (AvgIpc) is 2.26. The van der Waals surface area contributed by atoms with Gasteiger partial charge in [0.2, 0.25) is 0 Å².